The van der Waals surface area contributed by atoms with Crippen LogP contribution in [0.5, 0.6) is 5.75 Å². The molecular formula is C19H24N4O3. The molecule has 0 spiro atoms. The van der Waals surface area contributed by atoms with Crippen molar-refractivity contribution < 1.29 is 13.9 Å². The van der Waals surface area contributed by atoms with E-state index in [-0.39, 0.29) is 5.91 Å². The molecule has 4 heterocycles. The predicted molar refractivity (Wildman–Crippen MR) is 96.2 cm³/mol. The van der Waals surface area contributed by atoms with Crippen LogP contribution in [0.15, 0.2) is 35.2 Å². The highest BCUT2D eigenvalue weighted by molar-refractivity contribution is 5.91. The second-order valence-corrected chi connectivity index (χ2v) is 7.07. The molecule has 4 rings (SSSR count). The largest absolute Gasteiger partial charge is 0.494 e. The molecular weight excluding hydrogens is 332 g/mol. The fourth-order valence-electron chi connectivity index (χ4n) is 3.85. The Labute approximate surface area is 153 Å². The van der Waals surface area contributed by atoms with Crippen molar-refractivity contribution in [3.8, 4) is 5.75 Å². The minimum absolute atomic E-state index is 0.0107. The third-order valence-electron chi connectivity index (χ3n) is 5.44. The standard InChI is InChI=1S/C19H24N4O3/c1-25-16-9-20-19(21-10-16)23-12-15(13-23)14-5-2-3-7-22(11-14)18(24)17-6-4-8-26-17/h4,6,8-10,14-15H,2-3,5,7,11-13H2,1H3. The lowest BCUT2D eigenvalue weighted by Gasteiger charge is -2.44. The first-order chi connectivity index (χ1) is 12.7. The number of carbonyl (C=O) groups is 1. The summed E-state index contributed by atoms with van der Waals surface area (Å²) in [5.41, 5.74) is 0. The fraction of sp³-hybridized carbons (Fsp3) is 0.526. The maximum absolute atomic E-state index is 12.6. The van der Waals surface area contributed by atoms with Gasteiger partial charge in [-0.15, -0.1) is 0 Å². The number of amides is 1. The highest BCUT2D eigenvalue weighted by Crippen LogP contribution is 2.32. The molecule has 0 aliphatic carbocycles. The van der Waals surface area contributed by atoms with Crippen LogP contribution in [0.1, 0.15) is 29.8 Å². The Morgan fingerprint density at radius 3 is 2.69 bits per heavy atom. The maximum Gasteiger partial charge on any atom is 0.289 e. The van der Waals surface area contributed by atoms with Gasteiger partial charge in [0.15, 0.2) is 11.5 Å². The molecule has 0 bridgehead atoms. The van der Waals surface area contributed by atoms with Crippen molar-refractivity contribution >= 4 is 11.9 Å². The van der Waals surface area contributed by atoms with Gasteiger partial charge in [0.05, 0.1) is 25.8 Å². The molecule has 7 heteroatoms. The Kier molecular flexibility index (Phi) is 4.77. The summed E-state index contributed by atoms with van der Waals surface area (Å²) < 4.78 is 10.4. The topological polar surface area (TPSA) is 71.7 Å². The van der Waals surface area contributed by atoms with Crippen LogP contribution in [0, 0.1) is 11.8 Å². The zero-order valence-corrected chi connectivity index (χ0v) is 15.0. The predicted octanol–water partition coefficient (Wildman–Crippen LogP) is 2.46. The molecule has 2 saturated heterocycles. The summed E-state index contributed by atoms with van der Waals surface area (Å²) in [5, 5.41) is 0. The minimum atomic E-state index is 0.0107. The van der Waals surface area contributed by atoms with E-state index in [4.69, 9.17) is 9.15 Å². The SMILES string of the molecule is COc1cnc(N2CC(C3CCCCN(C(=O)c4ccco4)C3)C2)nc1. The Balaban J connectivity index is 1.36. The van der Waals surface area contributed by atoms with Gasteiger partial charge in [-0.2, -0.15) is 0 Å². The number of anilines is 1. The fourth-order valence-corrected chi connectivity index (χ4v) is 3.85. The molecule has 7 nitrogen and oxygen atoms in total. The Morgan fingerprint density at radius 1 is 1.19 bits per heavy atom. The lowest BCUT2D eigenvalue weighted by atomic mass is 9.83. The number of likely N-dealkylation sites (tertiary alicyclic amines) is 1. The van der Waals surface area contributed by atoms with Crippen LogP contribution in [0.2, 0.25) is 0 Å². The van der Waals surface area contributed by atoms with E-state index in [1.165, 1.54) is 12.8 Å². The minimum Gasteiger partial charge on any atom is -0.494 e. The van der Waals surface area contributed by atoms with Gasteiger partial charge in [0.2, 0.25) is 5.95 Å². The summed E-state index contributed by atoms with van der Waals surface area (Å²) in [6.45, 7) is 3.51. The van der Waals surface area contributed by atoms with E-state index in [0.29, 0.717) is 23.3 Å². The molecule has 138 valence electrons. The number of carbonyl (C=O) groups excluding carboxylic acids is 1. The van der Waals surface area contributed by atoms with Crippen LogP contribution < -0.4 is 9.64 Å². The molecule has 2 aromatic rings. The van der Waals surface area contributed by atoms with Crippen LogP contribution in [0.3, 0.4) is 0 Å². The number of nitrogens with zero attached hydrogens (tertiary/aromatic N) is 4. The highest BCUT2D eigenvalue weighted by atomic mass is 16.5. The summed E-state index contributed by atoms with van der Waals surface area (Å²) >= 11 is 0. The van der Waals surface area contributed by atoms with Crippen LogP contribution >= 0.6 is 0 Å². The molecule has 1 amide bonds. The van der Waals surface area contributed by atoms with Crippen molar-refractivity contribution in [2.45, 2.75) is 19.3 Å². The van der Waals surface area contributed by atoms with Gasteiger partial charge in [0.1, 0.15) is 0 Å². The van der Waals surface area contributed by atoms with Gasteiger partial charge in [-0.3, -0.25) is 4.79 Å². The average Bonchev–Trinajstić information content (AvgIpc) is 3.07. The van der Waals surface area contributed by atoms with Gasteiger partial charge >= 0.3 is 0 Å². The lowest BCUT2D eigenvalue weighted by molar-refractivity contribution is 0.0683. The Morgan fingerprint density at radius 2 is 2.00 bits per heavy atom. The van der Waals surface area contributed by atoms with Crippen molar-refractivity contribution in [1.82, 2.24) is 14.9 Å². The highest BCUT2D eigenvalue weighted by Gasteiger charge is 2.37. The van der Waals surface area contributed by atoms with Gasteiger partial charge in [-0.05, 0) is 36.8 Å². The number of furan rings is 1. The molecule has 2 aromatic heterocycles. The average molecular weight is 356 g/mol. The van der Waals surface area contributed by atoms with E-state index >= 15 is 0 Å². The molecule has 0 N–H and O–H groups in total. The Bertz CT molecular complexity index is 726. The van der Waals surface area contributed by atoms with Crippen molar-refractivity contribution in [2.24, 2.45) is 11.8 Å². The van der Waals surface area contributed by atoms with Gasteiger partial charge in [-0.25, -0.2) is 9.97 Å². The molecule has 2 aliphatic heterocycles. The quantitative estimate of drug-likeness (QED) is 0.838. The number of rotatable bonds is 4. The van der Waals surface area contributed by atoms with Gasteiger partial charge in [0, 0.05) is 26.2 Å². The van der Waals surface area contributed by atoms with Crippen molar-refractivity contribution in [2.75, 3.05) is 38.2 Å². The monoisotopic (exact) mass is 356 g/mol. The van der Waals surface area contributed by atoms with E-state index in [1.54, 1.807) is 37.9 Å². The molecule has 1 atom stereocenters. The van der Waals surface area contributed by atoms with Gasteiger partial charge < -0.3 is 19.0 Å². The van der Waals surface area contributed by atoms with Crippen LogP contribution in [0.25, 0.3) is 0 Å². The van der Waals surface area contributed by atoms with Crippen molar-refractivity contribution in [3.05, 3.63) is 36.5 Å². The molecule has 2 fully saturated rings. The first kappa shape index (κ1) is 16.9. The zero-order valence-electron chi connectivity index (χ0n) is 15.0. The molecule has 0 radical (unpaired) electrons. The molecule has 1 unspecified atom stereocenters. The first-order valence-corrected chi connectivity index (χ1v) is 9.18. The second kappa shape index (κ2) is 7.35. The summed E-state index contributed by atoms with van der Waals surface area (Å²) in [4.78, 5) is 25.5. The normalized spacial score (nSPS) is 21.2. The number of methoxy groups -OCH3 is 1. The molecule has 26 heavy (non-hydrogen) atoms. The van der Waals surface area contributed by atoms with E-state index in [1.807, 2.05) is 4.90 Å². The first-order valence-electron chi connectivity index (χ1n) is 9.18. The third-order valence-corrected chi connectivity index (χ3v) is 5.44. The zero-order chi connectivity index (χ0) is 17.9. The molecule has 0 aromatic carbocycles. The summed E-state index contributed by atoms with van der Waals surface area (Å²) in [6.07, 6.45) is 8.35. The van der Waals surface area contributed by atoms with Crippen molar-refractivity contribution in [1.29, 1.82) is 0 Å². The summed E-state index contributed by atoms with van der Waals surface area (Å²) in [7, 11) is 1.61. The van der Waals surface area contributed by atoms with E-state index in [0.717, 1.165) is 38.5 Å². The Hall–Kier alpha value is -2.57. The van der Waals surface area contributed by atoms with Crippen LogP contribution in [-0.2, 0) is 0 Å². The summed E-state index contributed by atoms with van der Waals surface area (Å²) in [6, 6.07) is 3.51. The number of ether oxygens (including phenoxy) is 1. The number of hydrogen-bond donors (Lipinski definition) is 0. The third kappa shape index (κ3) is 3.38. The van der Waals surface area contributed by atoms with Crippen LogP contribution in [-0.4, -0.2) is 54.1 Å². The molecule has 0 saturated carbocycles. The van der Waals surface area contributed by atoms with Crippen molar-refractivity contribution in [3.63, 3.8) is 0 Å². The van der Waals surface area contributed by atoms with Crippen LogP contribution in [0.4, 0.5) is 5.95 Å². The number of aromatic nitrogens is 2. The summed E-state index contributed by atoms with van der Waals surface area (Å²) in [5.74, 6) is 2.96. The van der Waals surface area contributed by atoms with E-state index < -0.39 is 0 Å². The second-order valence-electron chi connectivity index (χ2n) is 7.07. The van der Waals surface area contributed by atoms with Gasteiger partial charge in [-0.1, -0.05) is 6.42 Å². The smallest absolute Gasteiger partial charge is 0.289 e. The van der Waals surface area contributed by atoms with E-state index in [2.05, 4.69) is 14.9 Å². The van der Waals surface area contributed by atoms with Gasteiger partial charge in [0.25, 0.3) is 5.91 Å². The lowest BCUT2D eigenvalue weighted by Crippen LogP contribution is -2.52. The molecule has 2 aliphatic rings. The maximum atomic E-state index is 12.6. The van der Waals surface area contributed by atoms with E-state index in [9.17, 15) is 4.79 Å². The number of hydrogen-bond acceptors (Lipinski definition) is 6.